The second-order valence-corrected chi connectivity index (χ2v) is 4.56. The van der Waals surface area contributed by atoms with Crippen LogP contribution in [0.5, 0.6) is 0 Å². The minimum absolute atomic E-state index is 0. The second kappa shape index (κ2) is 8.25. The van der Waals surface area contributed by atoms with Crippen LogP contribution in [-0.2, 0) is 0 Å². The van der Waals surface area contributed by atoms with Crippen molar-refractivity contribution in [3.05, 3.63) is 28.7 Å². The van der Waals surface area contributed by atoms with E-state index in [1.807, 2.05) is 12.1 Å². The van der Waals surface area contributed by atoms with Gasteiger partial charge in [-0.05, 0) is 0 Å². The Kier molecular flexibility index (Phi) is 11.4. The number of hydrogen-bond acceptors (Lipinski definition) is 0. The van der Waals surface area contributed by atoms with Gasteiger partial charge >= 0.3 is 38.1 Å². The Hall–Kier alpha value is 1.64. The summed E-state index contributed by atoms with van der Waals surface area (Å²) >= 11 is 2.87. The molecule has 0 saturated carbocycles. The van der Waals surface area contributed by atoms with Crippen LogP contribution in [-0.4, -0.2) is 19.3 Å². The van der Waals surface area contributed by atoms with E-state index in [4.69, 9.17) is 9.07 Å². The van der Waals surface area contributed by atoms with E-state index in [1.54, 1.807) is 0 Å². The van der Waals surface area contributed by atoms with Crippen LogP contribution in [0.3, 0.4) is 0 Å². The standard InChI is InChI=1S/C6H4Br.2ClH.Li.Mg/c7-6-4-2-1-3-5-6;;;;/h2-5H;2*1H;;/q;;;2*+1/p-2. The molecule has 0 spiro atoms. The van der Waals surface area contributed by atoms with Crippen molar-refractivity contribution < 1.29 is 31.3 Å². The van der Waals surface area contributed by atoms with Gasteiger partial charge in [-0.2, -0.15) is 0 Å². The van der Waals surface area contributed by atoms with Crippen LogP contribution in [0.4, 0.5) is 0 Å². The molecule has 5 heteroatoms. The zero-order chi connectivity index (χ0) is 6.69. The molecule has 0 aliphatic heterocycles. The molecule has 52 valence electrons. The van der Waals surface area contributed by atoms with Crippen molar-refractivity contribution in [2.24, 2.45) is 0 Å². The first-order valence-electron chi connectivity index (χ1n) is 2.63. The molecule has 0 bridgehead atoms. The van der Waals surface area contributed by atoms with E-state index in [0.717, 1.165) is 4.47 Å². The van der Waals surface area contributed by atoms with Crippen LogP contribution in [0.15, 0.2) is 28.7 Å². The SMILES string of the molecule is [Cl-].[Cl][Mg][c]1ccc(Br)cc1.[Li+]. The molecule has 0 radical (unpaired) electrons. The summed E-state index contributed by atoms with van der Waals surface area (Å²) in [5, 5.41) is 0. The van der Waals surface area contributed by atoms with Crippen molar-refractivity contribution in [1.29, 1.82) is 0 Å². The molecule has 1 rings (SSSR count). The van der Waals surface area contributed by atoms with Crippen LogP contribution >= 0.6 is 25.0 Å². The number of benzene rings is 1. The predicted octanol–water partition coefficient (Wildman–Crippen LogP) is -4.06. The molecule has 11 heavy (non-hydrogen) atoms. The minimum Gasteiger partial charge on any atom is -1.00 e. The van der Waals surface area contributed by atoms with E-state index in [1.165, 1.54) is 3.69 Å². The molecule has 0 aliphatic carbocycles. The normalized spacial score (nSPS) is 7.09. The summed E-state index contributed by atoms with van der Waals surface area (Å²) in [6, 6.07) is 8.15. The molecule has 0 nitrogen and oxygen atoms in total. The van der Waals surface area contributed by atoms with E-state index in [0.29, 0.717) is 0 Å². The minimum atomic E-state index is -0.473. The zero-order valence-corrected chi connectivity index (χ0v) is 10.7. The molecule has 0 saturated heterocycles. The number of rotatable bonds is 1. The van der Waals surface area contributed by atoms with E-state index >= 15 is 0 Å². The summed E-state index contributed by atoms with van der Waals surface area (Å²) < 4.78 is 2.41. The first-order valence-corrected chi connectivity index (χ1v) is 6.27. The van der Waals surface area contributed by atoms with Crippen LogP contribution in [0.25, 0.3) is 0 Å². The summed E-state index contributed by atoms with van der Waals surface area (Å²) in [6.45, 7) is 0. The van der Waals surface area contributed by atoms with Gasteiger partial charge in [-0.25, -0.2) is 0 Å². The van der Waals surface area contributed by atoms with Crippen LogP contribution in [0.1, 0.15) is 0 Å². The summed E-state index contributed by atoms with van der Waals surface area (Å²) in [5.41, 5.74) is 0. The fourth-order valence-corrected chi connectivity index (χ4v) is 1.79. The quantitative estimate of drug-likeness (QED) is 0.450. The van der Waals surface area contributed by atoms with Crippen molar-refractivity contribution in [3.63, 3.8) is 0 Å². The predicted molar refractivity (Wildman–Crippen MR) is 45.4 cm³/mol. The van der Waals surface area contributed by atoms with E-state index in [-0.39, 0.29) is 31.3 Å². The Labute approximate surface area is 107 Å². The van der Waals surface area contributed by atoms with Gasteiger partial charge in [-0.15, -0.1) is 3.69 Å². The largest absolute Gasteiger partial charge is 1.00 e. The van der Waals surface area contributed by atoms with E-state index in [2.05, 4.69) is 28.1 Å². The average molecular weight is 258 g/mol. The molecule has 1 aromatic rings. The summed E-state index contributed by atoms with van der Waals surface area (Å²) in [6.07, 6.45) is 0. The van der Waals surface area contributed by atoms with Gasteiger partial charge in [0.15, 0.2) is 0 Å². The van der Waals surface area contributed by atoms with Crippen molar-refractivity contribution in [2.75, 3.05) is 0 Å². The third-order valence-corrected chi connectivity index (χ3v) is 3.30. The van der Waals surface area contributed by atoms with Crippen molar-refractivity contribution in [3.8, 4) is 0 Å². The maximum absolute atomic E-state index is 5.70. The Morgan fingerprint density at radius 1 is 1.18 bits per heavy atom. The summed E-state index contributed by atoms with van der Waals surface area (Å²) in [5.74, 6) is 0. The zero-order valence-electron chi connectivity index (χ0n) is 6.15. The second-order valence-electron chi connectivity index (χ2n) is 1.76. The van der Waals surface area contributed by atoms with Crippen molar-refractivity contribution in [1.82, 2.24) is 0 Å². The van der Waals surface area contributed by atoms with Gasteiger partial charge < -0.3 is 21.5 Å². The van der Waals surface area contributed by atoms with Crippen LogP contribution < -0.4 is 35.0 Å². The van der Waals surface area contributed by atoms with Gasteiger partial charge in [-0.3, -0.25) is 0 Å². The molecule has 0 N–H and O–H groups in total. The average Bonchev–Trinajstić information content (AvgIpc) is 1.90. The van der Waals surface area contributed by atoms with Gasteiger partial charge in [0.05, 0.1) is 0 Å². The van der Waals surface area contributed by atoms with Crippen LogP contribution in [0.2, 0.25) is 0 Å². The molecular weight excluding hydrogens is 254 g/mol. The Balaban J connectivity index is 0. The molecule has 0 aliphatic rings. The van der Waals surface area contributed by atoms with Gasteiger partial charge in [0, 0.05) is 4.47 Å². The van der Waals surface area contributed by atoms with E-state index in [9.17, 15) is 0 Å². The van der Waals surface area contributed by atoms with E-state index < -0.39 is 19.3 Å². The molecular formula is C6H4BrCl2LiMg. The monoisotopic (exact) mass is 256 g/mol. The third kappa shape index (κ3) is 5.82. The third-order valence-electron chi connectivity index (χ3n) is 1.07. The maximum Gasteiger partial charge on any atom is 1.00 e. The molecule has 1 aromatic carbocycles. The van der Waals surface area contributed by atoms with Gasteiger partial charge in [0.2, 0.25) is 0 Å². The molecule has 0 amide bonds. The number of halogens is 3. The van der Waals surface area contributed by atoms with Gasteiger partial charge in [-0.1, -0.05) is 40.2 Å². The summed E-state index contributed by atoms with van der Waals surface area (Å²) in [4.78, 5) is 0. The van der Waals surface area contributed by atoms with Crippen molar-refractivity contribution >= 4 is 48.0 Å². The first kappa shape index (κ1) is 15.1. The molecule has 0 atom stereocenters. The topological polar surface area (TPSA) is 0 Å². The maximum atomic E-state index is 5.70. The molecule has 0 aromatic heterocycles. The summed E-state index contributed by atoms with van der Waals surface area (Å²) in [7, 11) is 5.70. The number of hydrogen-bond donors (Lipinski definition) is 0. The molecule has 0 heterocycles. The van der Waals surface area contributed by atoms with Gasteiger partial charge in [0.25, 0.3) is 0 Å². The smallest absolute Gasteiger partial charge is 1.00 e. The van der Waals surface area contributed by atoms with Crippen LogP contribution in [0, 0.1) is 0 Å². The Morgan fingerprint density at radius 2 is 1.64 bits per heavy atom. The fourth-order valence-electron chi connectivity index (χ4n) is 0.573. The fraction of sp³-hybridized carbons (Fsp3) is 0. The van der Waals surface area contributed by atoms with Gasteiger partial charge in [0.1, 0.15) is 0 Å². The molecule has 0 unspecified atom stereocenters. The first-order chi connectivity index (χ1) is 4.33. The van der Waals surface area contributed by atoms with Crippen molar-refractivity contribution in [2.45, 2.75) is 0 Å². The Bertz CT molecular complexity index is 192. The molecule has 0 fully saturated rings. The Morgan fingerprint density at radius 3 is 2.00 bits per heavy atom.